The van der Waals surface area contributed by atoms with Gasteiger partial charge in [0.1, 0.15) is 0 Å². The molecule has 2 atom stereocenters. The van der Waals surface area contributed by atoms with E-state index in [1.165, 1.54) is 0 Å². The first kappa shape index (κ1) is 11.3. The number of amides is 1. The first-order valence-corrected chi connectivity index (χ1v) is 5.14. The molecule has 2 unspecified atom stereocenters. The summed E-state index contributed by atoms with van der Waals surface area (Å²) in [5.74, 6) is 0.426. The van der Waals surface area contributed by atoms with Gasteiger partial charge in [0.05, 0.1) is 12.7 Å². The molecule has 1 fully saturated rings. The maximum absolute atomic E-state index is 11.2. The largest absolute Gasteiger partial charge is 0.447 e. The zero-order valence-corrected chi connectivity index (χ0v) is 9.08. The Morgan fingerprint density at radius 1 is 1.50 bits per heavy atom. The van der Waals surface area contributed by atoms with Crippen LogP contribution >= 0.6 is 0 Å². The van der Waals surface area contributed by atoms with Crippen molar-refractivity contribution in [2.45, 2.75) is 39.3 Å². The van der Waals surface area contributed by atoms with Crippen molar-refractivity contribution in [2.24, 2.45) is 5.92 Å². The van der Waals surface area contributed by atoms with Crippen LogP contribution in [0.5, 0.6) is 0 Å². The second-order valence-electron chi connectivity index (χ2n) is 4.01. The third-order valence-corrected chi connectivity index (χ3v) is 2.36. The van der Waals surface area contributed by atoms with Crippen LogP contribution in [-0.4, -0.2) is 31.5 Å². The Bertz CT molecular complexity index is 188. The standard InChI is InChI=1S/C10H19NO3/c1-7(2)14-10(12)11-8(3)9-4-5-13-6-9/h7-9H,4-6H2,1-3H3,(H,11,12). The highest BCUT2D eigenvalue weighted by molar-refractivity contribution is 5.67. The first-order valence-electron chi connectivity index (χ1n) is 5.14. The van der Waals surface area contributed by atoms with Crippen LogP contribution in [0.4, 0.5) is 4.79 Å². The predicted molar refractivity (Wildman–Crippen MR) is 53.1 cm³/mol. The molecule has 14 heavy (non-hydrogen) atoms. The Hall–Kier alpha value is -0.770. The fourth-order valence-electron chi connectivity index (χ4n) is 1.50. The Labute approximate surface area is 85.0 Å². The van der Waals surface area contributed by atoms with E-state index in [0.29, 0.717) is 5.92 Å². The summed E-state index contributed by atoms with van der Waals surface area (Å²) in [6, 6.07) is 0.128. The highest BCUT2D eigenvalue weighted by atomic mass is 16.6. The van der Waals surface area contributed by atoms with Crippen molar-refractivity contribution in [3.63, 3.8) is 0 Å². The van der Waals surface area contributed by atoms with Gasteiger partial charge < -0.3 is 14.8 Å². The molecule has 1 aliphatic rings. The van der Waals surface area contributed by atoms with Crippen molar-refractivity contribution in [3.8, 4) is 0 Å². The molecule has 1 heterocycles. The molecule has 4 heteroatoms. The average Bonchev–Trinajstić information content (AvgIpc) is 2.53. The lowest BCUT2D eigenvalue weighted by atomic mass is 10.0. The molecule has 0 aliphatic carbocycles. The number of hydrogen-bond acceptors (Lipinski definition) is 3. The molecular formula is C10H19NO3. The fraction of sp³-hybridized carbons (Fsp3) is 0.900. The van der Waals surface area contributed by atoms with Crippen LogP contribution in [0.2, 0.25) is 0 Å². The van der Waals surface area contributed by atoms with Crippen molar-refractivity contribution < 1.29 is 14.3 Å². The molecule has 82 valence electrons. The van der Waals surface area contributed by atoms with Crippen LogP contribution in [0.1, 0.15) is 27.2 Å². The van der Waals surface area contributed by atoms with Gasteiger partial charge in [-0.1, -0.05) is 0 Å². The number of nitrogens with one attached hydrogen (secondary N) is 1. The number of rotatable bonds is 3. The number of carbonyl (C=O) groups is 1. The van der Waals surface area contributed by atoms with E-state index in [1.54, 1.807) is 0 Å². The van der Waals surface area contributed by atoms with Gasteiger partial charge in [0, 0.05) is 18.6 Å². The first-order chi connectivity index (χ1) is 6.59. The molecule has 0 spiro atoms. The summed E-state index contributed by atoms with van der Waals surface area (Å²) in [7, 11) is 0. The van der Waals surface area contributed by atoms with Gasteiger partial charge in [0.2, 0.25) is 0 Å². The van der Waals surface area contributed by atoms with Crippen LogP contribution in [0.25, 0.3) is 0 Å². The fourth-order valence-corrected chi connectivity index (χ4v) is 1.50. The molecule has 1 amide bonds. The molecule has 1 saturated heterocycles. The van der Waals surface area contributed by atoms with E-state index in [4.69, 9.17) is 9.47 Å². The average molecular weight is 201 g/mol. The molecule has 4 nitrogen and oxygen atoms in total. The van der Waals surface area contributed by atoms with Crippen molar-refractivity contribution in [1.29, 1.82) is 0 Å². The lowest BCUT2D eigenvalue weighted by Gasteiger charge is -2.19. The second-order valence-corrected chi connectivity index (χ2v) is 4.01. The zero-order valence-electron chi connectivity index (χ0n) is 9.08. The minimum Gasteiger partial charge on any atom is -0.447 e. The highest BCUT2D eigenvalue weighted by Crippen LogP contribution is 2.16. The third-order valence-electron chi connectivity index (χ3n) is 2.36. The van der Waals surface area contributed by atoms with E-state index in [1.807, 2.05) is 20.8 Å². The topological polar surface area (TPSA) is 47.6 Å². The molecule has 0 aromatic rings. The van der Waals surface area contributed by atoms with Crippen molar-refractivity contribution in [1.82, 2.24) is 5.32 Å². The van der Waals surface area contributed by atoms with E-state index >= 15 is 0 Å². The van der Waals surface area contributed by atoms with Crippen molar-refractivity contribution in [3.05, 3.63) is 0 Å². The molecule has 0 radical (unpaired) electrons. The minimum absolute atomic E-state index is 0.0676. The maximum atomic E-state index is 11.2. The Kier molecular flexibility index (Phi) is 4.20. The monoisotopic (exact) mass is 201 g/mol. The summed E-state index contributed by atoms with van der Waals surface area (Å²) >= 11 is 0. The van der Waals surface area contributed by atoms with Gasteiger partial charge in [-0.2, -0.15) is 0 Å². The van der Waals surface area contributed by atoms with Crippen LogP contribution < -0.4 is 5.32 Å². The molecule has 1 rings (SSSR count). The Morgan fingerprint density at radius 2 is 2.21 bits per heavy atom. The number of alkyl carbamates (subject to hydrolysis) is 1. The third kappa shape index (κ3) is 3.54. The lowest BCUT2D eigenvalue weighted by molar-refractivity contribution is 0.108. The maximum Gasteiger partial charge on any atom is 0.407 e. The van der Waals surface area contributed by atoms with Gasteiger partial charge in [-0.25, -0.2) is 4.79 Å². The number of hydrogen-bond donors (Lipinski definition) is 1. The zero-order chi connectivity index (χ0) is 10.6. The highest BCUT2D eigenvalue weighted by Gasteiger charge is 2.23. The van der Waals surface area contributed by atoms with E-state index in [2.05, 4.69) is 5.32 Å². The van der Waals surface area contributed by atoms with Gasteiger partial charge in [-0.15, -0.1) is 0 Å². The van der Waals surface area contributed by atoms with Crippen molar-refractivity contribution in [2.75, 3.05) is 13.2 Å². The van der Waals surface area contributed by atoms with E-state index in [-0.39, 0.29) is 18.2 Å². The normalized spacial score (nSPS) is 23.6. The summed E-state index contributed by atoms with van der Waals surface area (Å²) < 4.78 is 10.2. The SMILES string of the molecule is CC(C)OC(=O)NC(C)C1CCOC1. The summed E-state index contributed by atoms with van der Waals surface area (Å²) in [6.45, 7) is 7.20. The predicted octanol–water partition coefficient (Wildman–Crippen LogP) is 1.55. The second kappa shape index (κ2) is 5.20. The Balaban J connectivity index is 2.24. The molecule has 0 saturated carbocycles. The minimum atomic E-state index is -0.334. The molecule has 1 aliphatic heterocycles. The van der Waals surface area contributed by atoms with E-state index < -0.39 is 0 Å². The lowest BCUT2D eigenvalue weighted by Crippen LogP contribution is -2.39. The summed E-state index contributed by atoms with van der Waals surface area (Å²) in [5.41, 5.74) is 0. The van der Waals surface area contributed by atoms with Crippen LogP contribution in [0.3, 0.4) is 0 Å². The molecular weight excluding hydrogens is 182 g/mol. The van der Waals surface area contributed by atoms with Gasteiger partial charge in [-0.05, 0) is 27.2 Å². The molecule has 0 bridgehead atoms. The molecule has 0 aromatic heterocycles. The van der Waals surface area contributed by atoms with Crippen molar-refractivity contribution >= 4 is 6.09 Å². The van der Waals surface area contributed by atoms with Gasteiger partial charge >= 0.3 is 6.09 Å². The smallest absolute Gasteiger partial charge is 0.407 e. The molecule has 1 N–H and O–H groups in total. The van der Waals surface area contributed by atoms with Crippen LogP contribution in [0, 0.1) is 5.92 Å². The summed E-state index contributed by atoms with van der Waals surface area (Å²) in [6.07, 6.45) is 0.616. The van der Waals surface area contributed by atoms with Gasteiger partial charge in [0.25, 0.3) is 0 Å². The van der Waals surface area contributed by atoms with Crippen LogP contribution in [0.15, 0.2) is 0 Å². The van der Waals surface area contributed by atoms with Crippen LogP contribution in [-0.2, 0) is 9.47 Å². The molecule has 0 aromatic carbocycles. The quantitative estimate of drug-likeness (QED) is 0.753. The number of carbonyl (C=O) groups excluding carboxylic acids is 1. The summed E-state index contributed by atoms with van der Waals surface area (Å²) in [5, 5.41) is 2.81. The summed E-state index contributed by atoms with van der Waals surface area (Å²) in [4.78, 5) is 11.2. The van der Waals surface area contributed by atoms with E-state index in [9.17, 15) is 4.79 Å². The van der Waals surface area contributed by atoms with Gasteiger partial charge in [-0.3, -0.25) is 0 Å². The Morgan fingerprint density at radius 3 is 2.71 bits per heavy atom. The van der Waals surface area contributed by atoms with E-state index in [0.717, 1.165) is 19.6 Å². The van der Waals surface area contributed by atoms with Gasteiger partial charge in [0.15, 0.2) is 0 Å². The number of ether oxygens (including phenoxy) is 2.